The zero-order chi connectivity index (χ0) is 21.5. The summed E-state index contributed by atoms with van der Waals surface area (Å²) in [5, 5.41) is 5.16. The molecule has 0 heterocycles. The third-order valence-electron chi connectivity index (χ3n) is 4.83. The van der Waals surface area contributed by atoms with E-state index >= 15 is 0 Å². The van der Waals surface area contributed by atoms with Crippen LogP contribution in [0.3, 0.4) is 0 Å². The number of ether oxygens (including phenoxy) is 1. The lowest BCUT2D eigenvalue weighted by Crippen LogP contribution is -2.40. The van der Waals surface area contributed by atoms with E-state index in [1.54, 1.807) is 38.4 Å². The van der Waals surface area contributed by atoms with Crippen LogP contribution in [0, 0.1) is 0 Å². The SMILES string of the molecule is COc1cccc(NC(=O)CN(C)C(=O)CN(C)Cc2ccc3ccccc3c2)c1. The van der Waals surface area contributed by atoms with Crippen LogP contribution in [0.1, 0.15) is 5.56 Å². The number of nitrogens with one attached hydrogen (secondary N) is 1. The average Bonchev–Trinajstić information content (AvgIpc) is 2.73. The molecule has 2 amide bonds. The summed E-state index contributed by atoms with van der Waals surface area (Å²) in [5.41, 5.74) is 1.77. The van der Waals surface area contributed by atoms with Crippen LogP contribution in [-0.2, 0) is 16.1 Å². The molecule has 0 aliphatic heterocycles. The predicted molar refractivity (Wildman–Crippen MR) is 120 cm³/mol. The Morgan fingerprint density at radius 3 is 2.43 bits per heavy atom. The van der Waals surface area contributed by atoms with Gasteiger partial charge in [-0.25, -0.2) is 0 Å². The summed E-state index contributed by atoms with van der Waals surface area (Å²) in [4.78, 5) is 28.2. The van der Waals surface area contributed by atoms with Gasteiger partial charge in [0.15, 0.2) is 0 Å². The maximum atomic E-state index is 12.5. The molecule has 0 aliphatic carbocycles. The number of anilines is 1. The van der Waals surface area contributed by atoms with Crippen molar-refractivity contribution in [3.63, 3.8) is 0 Å². The first-order valence-corrected chi connectivity index (χ1v) is 9.78. The summed E-state index contributed by atoms with van der Waals surface area (Å²) < 4.78 is 5.15. The Hall–Kier alpha value is -3.38. The fourth-order valence-electron chi connectivity index (χ4n) is 3.26. The molecule has 0 spiro atoms. The van der Waals surface area contributed by atoms with Crippen LogP contribution in [0.4, 0.5) is 5.69 Å². The Balaban J connectivity index is 1.50. The van der Waals surface area contributed by atoms with Crippen molar-refractivity contribution in [1.29, 1.82) is 0 Å². The van der Waals surface area contributed by atoms with E-state index in [0.29, 0.717) is 18.0 Å². The van der Waals surface area contributed by atoms with Crippen LogP contribution in [-0.4, -0.2) is 55.9 Å². The van der Waals surface area contributed by atoms with Gasteiger partial charge in [-0.3, -0.25) is 14.5 Å². The minimum atomic E-state index is -0.253. The number of hydrogen-bond acceptors (Lipinski definition) is 4. The first-order chi connectivity index (χ1) is 14.4. The summed E-state index contributed by atoms with van der Waals surface area (Å²) in [6, 6.07) is 21.6. The highest BCUT2D eigenvalue weighted by Gasteiger charge is 2.15. The number of fused-ring (bicyclic) bond motifs is 1. The third kappa shape index (κ3) is 5.81. The van der Waals surface area contributed by atoms with Crippen molar-refractivity contribution in [3.05, 3.63) is 72.3 Å². The molecule has 0 radical (unpaired) electrons. The highest BCUT2D eigenvalue weighted by molar-refractivity contribution is 5.94. The van der Waals surface area contributed by atoms with Crippen molar-refractivity contribution in [2.75, 3.05) is 39.6 Å². The van der Waals surface area contributed by atoms with Gasteiger partial charge in [0.2, 0.25) is 11.8 Å². The van der Waals surface area contributed by atoms with Crippen LogP contribution < -0.4 is 10.1 Å². The maximum Gasteiger partial charge on any atom is 0.243 e. The molecule has 0 aliphatic rings. The van der Waals surface area contributed by atoms with Crippen molar-refractivity contribution in [3.8, 4) is 5.75 Å². The van der Waals surface area contributed by atoms with Gasteiger partial charge in [-0.1, -0.05) is 42.5 Å². The van der Waals surface area contributed by atoms with Gasteiger partial charge in [0, 0.05) is 25.3 Å². The van der Waals surface area contributed by atoms with E-state index in [1.807, 2.05) is 24.1 Å². The molecule has 0 fully saturated rings. The van der Waals surface area contributed by atoms with E-state index in [0.717, 1.165) is 5.56 Å². The Morgan fingerprint density at radius 1 is 0.900 bits per heavy atom. The van der Waals surface area contributed by atoms with Crippen molar-refractivity contribution < 1.29 is 14.3 Å². The minimum absolute atomic E-state index is 0.0140. The monoisotopic (exact) mass is 405 g/mol. The number of hydrogen-bond donors (Lipinski definition) is 1. The molecule has 0 saturated carbocycles. The highest BCUT2D eigenvalue weighted by atomic mass is 16.5. The molecular formula is C24H27N3O3. The smallest absolute Gasteiger partial charge is 0.243 e. The molecule has 3 aromatic rings. The predicted octanol–water partition coefficient (Wildman–Crippen LogP) is 3.38. The van der Waals surface area contributed by atoms with Crippen LogP contribution in [0.2, 0.25) is 0 Å². The van der Waals surface area contributed by atoms with E-state index in [-0.39, 0.29) is 24.9 Å². The molecule has 156 valence electrons. The number of amides is 2. The fourth-order valence-corrected chi connectivity index (χ4v) is 3.26. The Morgan fingerprint density at radius 2 is 1.67 bits per heavy atom. The molecule has 1 N–H and O–H groups in total. The van der Waals surface area contributed by atoms with Gasteiger partial charge in [0.25, 0.3) is 0 Å². The van der Waals surface area contributed by atoms with Crippen molar-refractivity contribution >= 4 is 28.3 Å². The van der Waals surface area contributed by atoms with Gasteiger partial charge in [-0.05, 0) is 41.6 Å². The average molecular weight is 405 g/mol. The summed E-state index contributed by atoms with van der Waals surface area (Å²) in [6.45, 7) is 0.871. The number of carbonyl (C=O) groups excluding carboxylic acids is 2. The van der Waals surface area contributed by atoms with Crippen molar-refractivity contribution in [2.45, 2.75) is 6.54 Å². The van der Waals surface area contributed by atoms with E-state index in [1.165, 1.54) is 15.7 Å². The lowest BCUT2D eigenvalue weighted by atomic mass is 10.1. The highest BCUT2D eigenvalue weighted by Crippen LogP contribution is 2.17. The third-order valence-corrected chi connectivity index (χ3v) is 4.83. The van der Waals surface area contributed by atoms with Crippen LogP contribution in [0.15, 0.2) is 66.7 Å². The Kier molecular flexibility index (Phi) is 7.03. The van der Waals surface area contributed by atoms with Crippen molar-refractivity contribution in [2.24, 2.45) is 0 Å². The Labute approximate surface area is 177 Å². The number of benzene rings is 3. The molecule has 30 heavy (non-hydrogen) atoms. The zero-order valence-corrected chi connectivity index (χ0v) is 17.6. The minimum Gasteiger partial charge on any atom is -0.497 e. The summed E-state index contributed by atoms with van der Waals surface area (Å²) in [7, 11) is 5.11. The van der Waals surface area contributed by atoms with Crippen LogP contribution >= 0.6 is 0 Å². The normalized spacial score (nSPS) is 10.8. The van der Waals surface area contributed by atoms with Gasteiger partial charge in [0.05, 0.1) is 20.2 Å². The first-order valence-electron chi connectivity index (χ1n) is 9.78. The molecule has 0 atom stereocenters. The standard InChI is InChI=1S/C24H27N3O3/c1-26(15-18-11-12-19-7-4-5-8-20(19)13-18)17-24(29)27(2)16-23(28)25-21-9-6-10-22(14-21)30-3/h4-14H,15-17H2,1-3H3,(H,25,28). The molecule has 6 nitrogen and oxygen atoms in total. The van der Waals surface area contributed by atoms with E-state index in [2.05, 4.69) is 35.6 Å². The van der Waals surface area contributed by atoms with Crippen LogP contribution in [0.5, 0.6) is 5.75 Å². The maximum absolute atomic E-state index is 12.5. The molecule has 0 aromatic heterocycles. The van der Waals surface area contributed by atoms with E-state index < -0.39 is 0 Å². The largest absolute Gasteiger partial charge is 0.497 e. The molecule has 3 rings (SSSR count). The number of carbonyl (C=O) groups is 2. The number of rotatable bonds is 8. The van der Waals surface area contributed by atoms with Gasteiger partial charge in [-0.15, -0.1) is 0 Å². The van der Waals surface area contributed by atoms with Gasteiger partial charge in [0.1, 0.15) is 5.75 Å². The number of methoxy groups -OCH3 is 1. The second-order valence-electron chi connectivity index (χ2n) is 7.38. The molecule has 6 heteroatoms. The Bertz CT molecular complexity index is 1030. The zero-order valence-electron chi connectivity index (χ0n) is 17.6. The molecule has 0 saturated heterocycles. The number of nitrogens with zero attached hydrogens (tertiary/aromatic N) is 2. The molecule has 3 aromatic carbocycles. The van der Waals surface area contributed by atoms with Crippen molar-refractivity contribution in [1.82, 2.24) is 9.80 Å². The molecule has 0 bridgehead atoms. The topological polar surface area (TPSA) is 61.9 Å². The quantitative estimate of drug-likeness (QED) is 0.624. The second-order valence-corrected chi connectivity index (χ2v) is 7.38. The summed E-state index contributed by atoms with van der Waals surface area (Å²) in [5.74, 6) is 0.294. The van der Waals surface area contributed by atoms with Gasteiger partial charge >= 0.3 is 0 Å². The van der Waals surface area contributed by atoms with Gasteiger partial charge in [-0.2, -0.15) is 0 Å². The number of likely N-dealkylation sites (N-methyl/N-ethyl adjacent to an activating group) is 2. The summed E-state index contributed by atoms with van der Waals surface area (Å²) in [6.07, 6.45) is 0. The van der Waals surface area contributed by atoms with E-state index in [9.17, 15) is 9.59 Å². The first kappa shape index (κ1) is 21.3. The fraction of sp³-hybridized carbons (Fsp3) is 0.250. The second kappa shape index (κ2) is 9.89. The molecular weight excluding hydrogens is 378 g/mol. The van der Waals surface area contributed by atoms with Crippen LogP contribution in [0.25, 0.3) is 10.8 Å². The summed E-state index contributed by atoms with van der Waals surface area (Å²) >= 11 is 0. The lowest BCUT2D eigenvalue weighted by molar-refractivity contribution is -0.134. The van der Waals surface area contributed by atoms with Gasteiger partial charge < -0.3 is 15.0 Å². The molecule has 0 unspecified atom stereocenters. The lowest BCUT2D eigenvalue weighted by Gasteiger charge is -2.22. The van der Waals surface area contributed by atoms with E-state index in [4.69, 9.17) is 4.74 Å².